The number of carboxylic acid groups (broad SMARTS) is 1. The molecule has 22 heavy (non-hydrogen) atoms. The Labute approximate surface area is 126 Å². The van der Waals surface area contributed by atoms with Gasteiger partial charge in [-0.25, -0.2) is 14.2 Å². The van der Waals surface area contributed by atoms with Crippen LogP contribution in [-0.4, -0.2) is 20.6 Å². The number of rotatable bonds is 4. The van der Waals surface area contributed by atoms with E-state index in [0.29, 0.717) is 6.54 Å². The van der Waals surface area contributed by atoms with E-state index in [0.717, 1.165) is 17.0 Å². The van der Waals surface area contributed by atoms with Crippen molar-refractivity contribution in [1.82, 2.24) is 9.55 Å². The van der Waals surface area contributed by atoms with Crippen LogP contribution in [0.3, 0.4) is 0 Å². The zero-order valence-corrected chi connectivity index (χ0v) is 11.6. The minimum Gasteiger partial charge on any atom is -0.478 e. The molecule has 1 heterocycles. The SMILES string of the molecule is O=C(O)c1ccc(Cn2ccnc2-c2ccc(F)cc2)cc1. The maximum absolute atomic E-state index is 13.0. The Bertz CT molecular complexity index is 792. The Morgan fingerprint density at radius 2 is 1.77 bits per heavy atom. The van der Waals surface area contributed by atoms with Gasteiger partial charge >= 0.3 is 5.97 Å². The van der Waals surface area contributed by atoms with Gasteiger partial charge in [-0.2, -0.15) is 0 Å². The summed E-state index contributed by atoms with van der Waals surface area (Å²) in [4.78, 5) is 15.2. The second kappa shape index (κ2) is 5.81. The number of nitrogens with zero attached hydrogens (tertiary/aromatic N) is 2. The quantitative estimate of drug-likeness (QED) is 0.802. The number of aromatic carboxylic acids is 1. The minimum atomic E-state index is -0.943. The summed E-state index contributed by atoms with van der Waals surface area (Å²) in [6.07, 6.45) is 3.52. The standard InChI is InChI=1S/C17H13FN2O2/c18-15-7-5-13(6-8-15)16-19-9-10-20(16)11-12-1-3-14(4-2-12)17(21)22/h1-10H,11H2,(H,21,22). The van der Waals surface area contributed by atoms with Gasteiger partial charge in [0.1, 0.15) is 11.6 Å². The van der Waals surface area contributed by atoms with Crippen LogP contribution in [0.5, 0.6) is 0 Å². The molecule has 0 aliphatic rings. The molecule has 0 atom stereocenters. The molecule has 0 radical (unpaired) electrons. The lowest BCUT2D eigenvalue weighted by molar-refractivity contribution is 0.0697. The summed E-state index contributed by atoms with van der Waals surface area (Å²) in [7, 11) is 0. The summed E-state index contributed by atoms with van der Waals surface area (Å²) in [5.41, 5.74) is 2.05. The fourth-order valence-corrected chi connectivity index (χ4v) is 2.25. The monoisotopic (exact) mass is 296 g/mol. The molecular formula is C17H13FN2O2. The highest BCUT2D eigenvalue weighted by atomic mass is 19.1. The van der Waals surface area contributed by atoms with Gasteiger partial charge in [0.2, 0.25) is 0 Å². The number of aromatic nitrogens is 2. The lowest BCUT2D eigenvalue weighted by Crippen LogP contribution is -2.02. The fraction of sp³-hybridized carbons (Fsp3) is 0.0588. The number of carbonyl (C=O) groups is 1. The maximum Gasteiger partial charge on any atom is 0.335 e. The van der Waals surface area contributed by atoms with Crippen LogP contribution in [0.1, 0.15) is 15.9 Å². The summed E-state index contributed by atoms with van der Waals surface area (Å²) >= 11 is 0. The minimum absolute atomic E-state index is 0.258. The van der Waals surface area contributed by atoms with Crippen LogP contribution >= 0.6 is 0 Å². The summed E-state index contributed by atoms with van der Waals surface area (Å²) in [5, 5.41) is 8.90. The predicted octanol–water partition coefficient (Wildman–Crippen LogP) is 3.44. The summed E-state index contributed by atoms with van der Waals surface area (Å²) in [6, 6.07) is 12.9. The topological polar surface area (TPSA) is 55.1 Å². The molecule has 3 aromatic rings. The van der Waals surface area contributed by atoms with Gasteiger partial charge < -0.3 is 9.67 Å². The molecule has 1 aromatic heterocycles. The average molecular weight is 296 g/mol. The Hall–Kier alpha value is -2.95. The molecule has 0 spiro atoms. The molecule has 4 nitrogen and oxygen atoms in total. The molecular weight excluding hydrogens is 283 g/mol. The summed E-state index contributed by atoms with van der Waals surface area (Å²) in [6.45, 7) is 0.562. The third-order valence-corrected chi connectivity index (χ3v) is 3.37. The van der Waals surface area contributed by atoms with E-state index in [4.69, 9.17) is 5.11 Å². The van der Waals surface area contributed by atoms with Crippen LogP contribution in [0.25, 0.3) is 11.4 Å². The molecule has 5 heteroatoms. The van der Waals surface area contributed by atoms with Crippen molar-refractivity contribution in [3.05, 3.63) is 77.9 Å². The molecule has 0 fully saturated rings. The smallest absolute Gasteiger partial charge is 0.335 e. The van der Waals surface area contributed by atoms with Crippen LogP contribution in [-0.2, 0) is 6.54 Å². The average Bonchev–Trinajstić information content (AvgIpc) is 2.97. The molecule has 0 bridgehead atoms. The third-order valence-electron chi connectivity index (χ3n) is 3.37. The van der Waals surface area contributed by atoms with Gasteiger partial charge in [-0.1, -0.05) is 12.1 Å². The summed E-state index contributed by atoms with van der Waals surface area (Å²) < 4.78 is 14.9. The molecule has 0 unspecified atom stereocenters. The highest BCUT2D eigenvalue weighted by Gasteiger charge is 2.07. The number of benzene rings is 2. The molecule has 1 N–H and O–H groups in total. The van der Waals surface area contributed by atoms with E-state index in [1.54, 1.807) is 42.6 Å². The van der Waals surface area contributed by atoms with E-state index in [2.05, 4.69) is 4.98 Å². The van der Waals surface area contributed by atoms with Gasteiger partial charge in [-0.05, 0) is 42.0 Å². The second-order valence-corrected chi connectivity index (χ2v) is 4.89. The van der Waals surface area contributed by atoms with Crippen LogP contribution in [0.15, 0.2) is 60.9 Å². The normalized spacial score (nSPS) is 10.6. The summed E-state index contributed by atoms with van der Waals surface area (Å²) in [5.74, 6) is -0.491. The molecule has 110 valence electrons. The van der Waals surface area contributed by atoms with E-state index in [1.807, 2.05) is 10.8 Å². The lowest BCUT2D eigenvalue weighted by Gasteiger charge is -2.08. The molecule has 3 rings (SSSR count). The van der Waals surface area contributed by atoms with Crippen LogP contribution < -0.4 is 0 Å². The van der Waals surface area contributed by atoms with E-state index in [-0.39, 0.29) is 11.4 Å². The number of halogens is 1. The molecule has 0 amide bonds. The Morgan fingerprint density at radius 3 is 2.41 bits per heavy atom. The van der Waals surface area contributed by atoms with E-state index in [1.165, 1.54) is 12.1 Å². The van der Waals surface area contributed by atoms with Gasteiger partial charge in [0.05, 0.1) is 5.56 Å². The first-order chi connectivity index (χ1) is 10.6. The van der Waals surface area contributed by atoms with E-state index < -0.39 is 5.97 Å². The van der Waals surface area contributed by atoms with Gasteiger partial charge in [-0.3, -0.25) is 0 Å². The molecule has 0 aliphatic heterocycles. The van der Waals surface area contributed by atoms with Crippen molar-refractivity contribution in [2.24, 2.45) is 0 Å². The van der Waals surface area contributed by atoms with Gasteiger partial charge in [-0.15, -0.1) is 0 Å². The predicted molar refractivity (Wildman–Crippen MR) is 80.1 cm³/mol. The highest BCUT2D eigenvalue weighted by Crippen LogP contribution is 2.19. The number of imidazole rings is 1. The second-order valence-electron chi connectivity index (χ2n) is 4.89. The fourth-order valence-electron chi connectivity index (χ4n) is 2.25. The molecule has 0 aliphatic carbocycles. The maximum atomic E-state index is 13.0. The lowest BCUT2D eigenvalue weighted by atomic mass is 10.1. The first-order valence-corrected chi connectivity index (χ1v) is 6.73. The van der Waals surface area contributed by atoms with Crippen LogP contribution in [0.4, 0.5) is 4.39 Å². The number of hydrogen-bond donors (Lipinski definition) is 1. The first-order valence-electron chi connectivity index (χ1n) is 6.73. The Kier molecular flexibility index (Phi) is 3.70. The largest absolute Gasteiger partial charge is 0.478 e. The van der Waals surface area contributed by atoms with Crippen LogP contribution in [0, 0.1) is 5.82 Å². The van der Waals surface area contributed by atoms with Gasteiger partial charge in [0, 0.05) is 24.5 Å². The number of carboxylic acids is 1. The van der Waals surface area contributed by atoms with Crippen molar-refractivity contribution in [3.8, 4) is 11.4 Å². The Balaban J connectivity index is 1.86. The van der Waals surface area contributed by atoms with Crippen molar-refractivity contribution < 1.29 is 14.3 Å². The molecule has 0 saturated carbocycles. The van der Waals surface area contributed by atoms with Crippen molar-refractivity contribution in [2.45, 2.75) is 6.54 Å². The van der Waals surface area contributed by atoms with Crippen molar-refractivity contribution in [2.75, 3.05) is 0 Å². The first kappa shape index (κ1) is 14.0. The van der Waals surface area contributed by atoms with Gasteiger partial charge in [0.15, 0.2) is 0 Å². The highest BCUT2D eigenvalue weighted by molar-refractivity contribution is 5.87. The van der Waals surface area contributed by atoms with Crippen molar-refractivity contribution in [3.63, 3.8) is 0 Å². The van der Waals surface area contributed by atoms with Crippen LogP contribution in [0.2, 0.25) is 0 Å². The van der Waals surface area contributed by atoms with Gasteiger partial charge in [0.25, 0.3) is 0 Å². The molecule has 2 aromatic carbocycles. The molecule has 0 saturated heterocycles. The van der Waals surface area contributed by atoms with E-state index in [9.17, 15) is 9.18 Å². The van der Waals surface area contributed by atoms with E-state index >= 15 is 0 Å². The zero-order chi connectivity index (χ0) is 15.5. The number of hydrogen-bond acceptors (Lipinski definition) is 2. The zero-order valence-electron chi connectivity index (χ0n) is 11.6. The van der Waals surface area contributed by atoms with Crippen molar-refractivity contribution >= 4 is 5.97 Å². The Morgan fingerprint density at radius 1 is 1.09 bits per heavy atom. The third kappa shape index (κ3) is 2.88. The van der Waals surface area contributed by atoms with Crippen molar-refractivity contribution in [1.29, 1.82) is 0 Å².